The molecule has 13 nitrogen and oxygen atoms in total. The number of piperidine rings is 1. The van der Waals surface area contributed by atoms with Crippen LogP contribution < -0.4 is 20.7 Å². The number of carbonyl (C=O) groups excluding carboxylic acids is 5. The first-order chi connectivity index (χ1) is 24.1. The number of fused-ring (bicyclic) bond motifs is 4. The van der Waals surface area contributed by atoms with Crippen molar-refractivity contribution in [2.45, 2.75) is 63.6 Å². The minimum absolute atomic E-state index is 0.0434. The van der Waals surface area contributed by atoms with Gasteiger partial charge in [0.2, 0.25) is 23.6 Å². The molecule has 3 aliphatic rings. The normalized spacial score (nSPS) is 23.6. The van der Waals surface area contributed by atoms with Gasteiger partial charge in [0, 0.05) is 50.3 Å². The zero-order valence-electron chi connectivity index (χ0n) is 28.7. The Morgan fingerprint density at radius 1 is 1.00 bits per heavy atom. The number of hydrogen-bond donors (Lipinski definition) is 4. The standard InChI is InChI=1S/C37H46N6O7/c1-24-36(49)43-14-6-11-31(43)35(48)40-29(21-44)34(47)38-23-37(19-25-7-5-8-27(17-25)50-22-32(45)39-24)12-15-42(16-13-37)33(46)18-26-20-41(2)30-10-4-3-9-28(26)30/h3-5,7-10,17,20,24,29,31,44H,6,11-16,18-19,21-23H2,1-2H3,(H,38,47)(H,39,45)(H,40,48)/t24-,29-,31-/m0/s1. The van der Waals surface area contributed by atoms with Gasteiger partial charge in [-0.05, 0) is 73.8 Å². The Bertz CT molecular complexity index is 1760. The molecule has 6 rings (SSSR count). The van der Waals surface area contributed by atoms with Crippen LogP contribution >= 0.6 is 0 Å². The number of nitrogens with one attached hydrogen (secondary N) is 3. The zero-order chi connectivity index (χ0) is 35.4. The molecule has 1 spiro atoms. The van der Waals surface area contributed by atoms with Crippen molar-refractivity contribution in [3.05, 3.63) is 65.9 Å². The zero-order valence-corrected chi connectivity index (χ0v) is 28.7. The first-order valence-electron chi connectivity index (χ1n) is 17.4. The molecule has 5 amide bonds. The average molecular weight is 687 g/mol. The number of benzene rings is 2. The Balaban J connectivity index is 1.21. The van der Waals surface area contributed by atoms with E-state index in [4.69, 9.17) is 4.74 Å². The first kappa shape index (κ1) is 34.9. The largest absolute Gasteiger partial charge is 0.484 e. The van der Waals surface area contributed by atoms with E-state index in [-0.39, 0.29) is 19.1 Å². The van der Waals surface area contributed by atoms with Crippen molar-refractivity contribution >= 4 is 40.4 Å². The van der Waals surface area contributed by atoms with E-state index < -0.39 is 53.8 Å². The van der Waals surface area contributed by atoms with Crippen molar-refractivity contribution in [3.8, 4) is 5.75 Å². The number of hydrogen-bond acceptors (Lipinski definition) is 7. The molecule has 3 atom stereocenters. The highest BCUT2D eigenvalue weighted by Gasteiger charge is 2.40. The van der Waals surface area contributed by atoms with Crippen molar-refractivity contribution < 1.29 is 33.8 Å². The maximum absolute atomic E-state index is 13.6. The van der Waals surface area contributed by atoms with Crippen molar-refractivity contribution in [1.82, 2.24) is 30.3 Å². The Morgan fingerprint density at radius 2 is 1.78 bits per heavy atom. The Labute approximate surface area is 291 Å². The van der Waals surface area contributed by atoms with E-state index in [1.165, 1.54) is 4.90 Å². The van der Waals surface area contributed by atoms with E-state index in [1.807, 2.05) is 65.2 Å². The number of nitrogens with zero attached hydrogens (tertiary/aromatic N) is 3. The van der Waals surface area contributed by atoms with Gasteiger partial charge in [-0.25, -0.2) is 0 Å². The maximum atomic E-state index is 13.6. The second-order valence-corrected chi connectivity index (χ2v) is 13.9. The van der Waals surface area contributed by atoms with Crippen LogP contribution in [0.4, 0.5) is 0 Å². The summed E-state index contributed by atoms with van der Waals surface area (Å²) in [5.74, 6) is -1.41. The minimum atomic E-state index is -1.21. The van der Waals surface area contributed by atoms with Gasteiger partial charge in [-0.15, -0.1) is 0 Å². The first-order valence-corrected chi connectivity index (χ1v) is 17.4. The van der Waals surface area contributed by atoms with Crippen LogP contribution in [-0.4, -0.2) is 107 Å². The summed E-state index contributed by atoms with van der Waals surface area (Å²) in [5, 5.41) is 19.5. The number of aliphatic hydroxyl groups is 1. The Kier molecular flexibility index (Phi) is 10.4. The van der Waals surface area contributed by atoms with E-state index in [0.717, 1.165) is 22.0 Å². The molecule has 2 fully saturated rings. The number of rotatable bonds is 3. The predicted octanol–water partition coefficient (Wildman–Crippen LogP) is 1.05. The molecule has 0 unspecified atom stereocenters. The number of aryl methyl sites for hydroxylation is 1. The molecule has 1 aromatic heterocycles. The molecule has 0 radical (unpaired) electrons. The van der Waals surface area contributed by atoms with Crippen LogP contribution in [0.5, 0.6) is 5.75 Å². The molecular weight excluding hydrogens is 640 g/mol. The van der Waals surface area contributed by atoms with Crippen LogP contribution in [0.1, 0.15) is 43.7 Å². The lowest BCUT2D eigenvalue weighted by atomic mass is 9.73. The van der Waals surface area contributed by atoms with Crippen molar-refractivity contribution in [3.63, 3.8) is 0 Å². The van der Waals surface area contributed by atoms with Crippen LogP contribution in [0.2, 0.25) is 0 Å². The molecule has 2 saturated heterocycles. The topological polar surface area (TPSA) is 162 Å². The lowest BCUT2D eigenvalue weighted by Gasteiger charge is -2.42. The van der Waals surface area contributed by atoms with Gasteiger partial charge in [0.25, 0.3) is 5.91 Å². The highest BCUT2D eigenvalue weighted by molar-refractivity contribution is 5.95. The van der Waals surface area contributed by atoms with Gasteiger partial charge in [-0.3, -0.25) is 24.0 Å². The van der Waals surface area contributed by atoms with Crippen molar-refractivity contribution in [1.29, 1.82) is 0 Å². The smallest absolute Gasteiger partial charge is 0.258 e. The van der Waals surface area contributed by atoms with Gasteiger partial charge >= 0.3 is 0 Å². The SMILES string of the molecule is C[C@@H]1NC(=O)COc2cccc(c2)CC2(CCN(C(=O)Cc3cn(C)c4ccccc34)CC2)CNC(=O)[C@H](CO)NC(=O)[C@@H]2CCCN2C1=O. The molecule has 2 aromatic carbocycles. The van der Waals surface area contributed by atoms with E-state index in [0.29, 0.717) is 63.9 Å². The number of aromatic nitrogens is 1. The van der Waals surface area contributed by atoms with E-state index in [9.17, 15) is 29.1 Å². The summed E-state index contributed by atoms with van der Waals surface area (Å²) in [6.45, 7) is 2.23. The third-order valence-electron chi connectivity index (χ3n) is 10.4. The highest BCUT2D eigenvalue weighted by Crippen LogP contribution is 2.36. The third-order valence-corrected chi connectivity index (χ3v) is 10.4. The minimum Gasteiger partial charge on any atom is -0.484 e. The highest BCUT2D eigenvalue weighted by atomic mass is 16.5. The maximum Gasteiger partial charge on any atom is 0.258 e. The van der Waals surface area contributed by atoms with Gasteiger partial charge < -0.3 is 40.2 Å². The molecular formula is C37H46N6O7. The Morgan fingerprint density at radius 3 is 2.56 bits per heavy atom. The van der Waals surface area contributed by atoms with Gasteiger partial charge in [0.15, 0.2) is 6.61 Å². The van der Waals surface area contributed by atoms with Crippen LogP contribution in [-0.2, 0) is 43.9 Å². The fraction of sp³-hybridized carbons (Fsp3) is 0.486. The predicted molar refractivity (Wildman–Crippen MR) is 185 cm³/mol. The lowest BCUT2D eigenvalue weighted by Crippen LogP contribution is -2.57. The summed E-state index contributed by atoms with van der Waals surface area (Å²) < 4.78 is 7.85. The van der Waals surface area contributed by atoms with Crippen LogP contribution in [0.25, 0.3) is 10.9 Å². The fourth-order valence-electron chi connectivity index (χ4n) is 7.57. The summed E-state index contributed by atoms with van der Waals surface area (Å²) in [6.07, 6.45) is 5.05. The van der Waals surface area contributed by atoms with Crippen molar-refractivity contribution in [2.75, 3.05) is 39.4 Å². The summed E-state index contributed by atoms with van der Waals surface area (Å²) in [5.41, 5.74) is 2.54. The molecule has 0 saturated carbocycles. The summed E-state index contributed by atoms with van der Waals surface area (Å²) in [4.78, 5) is 69.6. The second kappa shape index (κ2) is 14.9. The average Bonchev–Trinajstić information content (AvgIpc) is 3.73. The molecule has 4 N–H and O–H groups in total. The second-order valence-electron chi connectivity index (χ2n) is 13.9. The van der Waals surface area contributed by atoms with Crippen LogP contribution in [0.15, 0.2) is 54.7 Å². The van der Waals surface area contributed by atoms with E-state index in [1.54, 1.807) is 13.0 Å². The van der Waals surface area contributed by atoms with E-state index >= 15 is 0 Å². The molecule has 0 aliphatic carbocycles. The number of aliphatic hydroxyl groups excluding tert-OH is 1. The number of ether oxygens (including phenoxy) is 1. The molecule has 3 aromatic rings. The summed E-state index contributed by atoms with van der Waals surface area (Å²) in [6, 6.07) is 12.5. The molecule has 266 valence electrons. The summed E-state index contributed by atoms with van der Waals surface area (Å²) in [7, 11) is 1.97. The van der Waals surface area contributed by atoms with Gasteiger partial charge in [0.1, 0.15) is 23.9 Å². The molecule has 2 bridgehead atoms. The fourth-order valence-corrected chi connectivity index (χ4v) is 7.57. The molecule has 13 heteroatoms. The van der Waals surface area contributed by atoms with Gasteiger partial charge in [0.05, 0.1) is 13.0 Å². The van der Waals surface area contributed by atoms with Gasteiger partial charge in [-0.1, -0.05) is 30.3 Å². The third kappa shape index (κ3) is 7.62. The lowest BCUT2D eigenvalue weighted by molar-refractivity contribution is -0.142. The number of amides is 5. The Hall–Kier alpha value is -4.91. The number of para-hydroxylation sites is 1. The number of likely N-dealkylation sites (tertiary alicyclic amines) is 1. The summed E-state index contributed by atoms with van der Waals surface area (Å²) >= 11 is 0. The monoisotopic (exact) mass is 686 g/mol. The van der Waals surface area contributed by atoms with Crippen molar-refractivity contribution in [2.24, 2.45) is 12.5 Å². The van der Waals surface area contributed by atoms with Gasteiger partial charge in [-0.2, -0.15) is 0 Å². The van der Waals surface area contributed by atoms with Crippen LogP contribution in [0.3, 0.4) is 0 Å². The molecule has 4 heterocycles. The van der Waals surface area contributed by atoms with Crippen LogP contribution in [0, 0.1) is 5.41 Å². The molecule has 3 aliphatic heterocycles. The quantitative estimate of drug-likeness (QED) is 0.320. The number of carbonyl (C=O) groups is 5. The van der Waals surface area contributed by atoms with E-state index in [2.05, 4.69) is 16.0 Å². The molecule has 50 heavy (non-hydrogen) atoms.